The van der Waals surface area contributed by atoms with E-state index in [1.54, 1.807) is 0 Å². The number of hydrogen-bond acceptors (Lipinski definition) is 3. The van der Waals surface area contributed by atoms with Gasteiger partial charge in [0.2, 0.25) is 0 Å². The maximum Gasteiger partial charge on any atom is 0.433 e. The second-order valence-electron chi connectivity index (χ2n) is 5.78. The van der Waals surface area contributed by atoms with Gasteiger partial charge in [0, 0.05) is 13.1 Å². The van der Waals surface area contributed by atoms with Gasteiger partial charge in [-0.25, -0.2) is 4.98 Å². The molecule has 3 nitrogen and oxygen atoms in total. The van der Waals surface area contributed by atoms with Crippen LogP contribution in [0.5, 0.6) is 0 Å². The largest absolute Gasteiger partial charge is 0.433 e. The highest BCUT2D eigenvalue weighted by atomic mass is 19.4. The summed E-state index contributed by atoms with van der Waals surface area (Å²) in [6, 6.07) is 1.06. The lowest BCUT2D eigenvalue weighted by atomic mass is 9.78. The monoisotopic (exact) mass is 287 g/mol. The number of anilines is 2. The Bertz CT molecular complexity index is 477. The van der Waals surface area contributed by atoms with Crippen molar-refractivity contribution in [1.29, 1.82) is 0 Å². The summed E-state index contributed by atoms with van der Waals surface area (Å²) in [6.07, 6.45) is -0.318. The number of alkyl halides is 3. The number of nitrogens with two attached hydrogens (primary N) is 1. The van der Waals surface area contributed by atoms with Crippen molar-refractivity contribution in [2.45, 2.75) is 39.3 Å². The van der Waals surface area contributed by atoms with Gasteiger partial charge in [-0.05, 0) is 24.3 Å². The van der Waals surface area contributed by atoms with E-state index in [2.05, 4.69) is 18.8 Å². The lowest BCUT2D eigenvalue weighted by Crippen LogP contribution is -2.38. The first-order chi connectivity index (χ1) is 9.25. The molecule has 1 saturated heterocycles. The second-order valence-corrected chi connectivity index (χ2v) is 5.78. The Kier molecular flexibility index (Phi) is 3.84. The van der Waals surface area contributed by atoms with Gasteiger partial charge in [-0.1, -0.05) is 20.3 Å². The molecule has 0 spiro atoms. The van der Waals surface area contributed by atoms with E-state index in [4.69, 9.17) is 5.73 Å². The maximum atomic E-state index is 12.7. The molecule has 2 rings (SSSR count). The molecule has 1 aliphatic heterocycles. The summed E-state index contributed by atoms with van der Waals surface area (Å²) in [7, 11) is 0. The zero-order chi connectivity index (χ0) is 15.0. The molecule has 0 unspecified atom stereocenters. The Morgan fingerprint density at radius 2 is 1.95 bits per heavy atom. The van der Waals surface area contributed by atoms with E-state index in [1.807, 2.05) is 4.90 Å². The van der Waals surface area contributed by atoms with Crippen molar-refractivity contribution < 1.29 is 13.2 Å². The predicted molar refractivity (Wildman–Crippen MR) is 73.5 cm³/mol. The van der Waals surface area contributed by atoms with Gasteiger partial charge in [0.1, 0.15) is 5.69 Å². The molecule has 0 aromatic carbocycles. The van der Waals surface area contributed by atoms with Gasteiger partial charge in [-0.3, -0.25) is 0 Å². The number of rotatable bonds is 2. The van der Waals surface area contributed by atoms with Gasteiger partial charge in [0.25, 0.3) is 0 Å². The molecule has 0 bridgehead atoms. The predicted octanol–water partition coefficient (Wildman–Crippen LogP) is 3.70. The van der Waals surface area contributed by atoms with Crippen LogP contribution in [0.3, 0.4) is 0 Å². The van der Waals surface area contributed by atoms with Crippen LogP contribution in [0.25, 0.3) is 0 Å². The number of hydrogen-bond donors (Lipinski definition) is 1. The molecule has 0 atom stereocenters. The van der Waals surface area contributed by atoms with E-state index >= 15 is 0 Å². The number of halogens is 3. The van der Waals surface area contributed by atoms with Crippen molar-refractivity contribution in [2.24, 2.45) is 5.41 Å². The van der Waals surface area contributed by atoms with E-state index in [9.17, 15) is 13.2 Å². The molecule has 1 aromatic heterocycles. The van der Waals surface area contributed by atoms with Gasteiger partial charge >= 0.3 is 6.18 Å². The molecule has 0 aliphatic carbocycles. The van der Waals surface area contributed by atoms with Gasteiger partial charge in [-0.15, -0.1) is 0 Å². The fourth-order valence-corrected chi connectivity index (χ4v) is 2.53. The fraction of sp³-hybridized carbons (Fsp3) is 0.643. The Balaban J connectivity index is 2.21. The molecule has 0 radical (unpaired) electrons. The topological polar surface area (TPSA) is 42.2 Å². The minimum atomic E-state index is -4.43. The Labute approximate surface area is 117 Å². The highest BCUT2D eigenvalue weighted by Crippen LogP contribution is 2.38. The standard InChI is InChI=1S/C14H20F3N3/c1-3-13(2)4-6-20(7-5-13)11-8-12(14(15,16)17)19-9-10(11)18/h8-9H,3-7,18H2,1-2H3. The summed E-state index contributed by atoms with van der Waals surface area (Å²) < 4.78 is 38.2. The Morgan fingerprint density at radius 1 is 1.35 bits per heavy atom. The van der Waals surface area contributed by atoms with Crippen LogP contribution in [0.15, 0.2) is 12.3 Å². The molecular formula is C14H20F3N3. The third-order valence-electron chi connectivity index (χ3n) is 4.37. The molecule has 0 saturated carbocycles. The maximum absolute atomic E-state index is 12.7. The molecule has 20 heavy (non-hydrogen) atoms. The lowest BCUT2D eigenvalue weighted by Gasteiger charge is -2.40. The average molecular weight is 287 g/mol. The molecule has 1 aromatic rings. The molecule has 2 heterocycles. The van der Waals surface area contributed by atoms with Gasteiger partial charge in [0.05, 0.1) is 17.6 Å². The summed E-state index contributed by atoms with van der Waals surface area (Å²) >= 11 is 0. The summed E-state index contributed by atoms with van der Waals surface area (Å²) in [6.45, 7) is 5.84. The van der Waals surface area contributed by atoms with Crippen molar-refractivity contribution in [3.05, 3.63) is 18.0 Å². The zero-order valence-corrected chi connectivity index (χ0v) is 11.8. The van der Waals surface area contributed by atoms with E-state index in [0.29, 0.717) is 11.4 Å². The molecule has 1 aliphatic rings. The normalized spacial score (nSPS) is 19.1. The molecule has 112 valence electrons. The van der Waals surface area contributed by atoms with Crippen LogP contribution in [0.4, 0.5) is 24.5 Å². The molecule has 2 N–H and O–H groups in total. The van der Waals surface area contributed by atoms with Gasteiger partial charge in [0.15, 0.2) is 0 Å². The van der Waals surface area contributed by atoms with Crippen molar-refractivity contribution in [3.63, 3.8) is 0 Å². The summed E-state index contributed by atoms with van der Waals surface area (Å²) in [5.74, 6) is 0. The number of nitrogens with zero attached hydrogens (tertiary/aromatic N) is 2. The quantitative estimate of drug-likeness (QED) is 0.902. The SMILES string of the molecule is CCC1(C)CCN(c2cc(C(F)(F)F)ncc2N)CC1. The molecule has 6 heteroatoms. The first kappa shape index (κ1) is 14.9. The number of pyridine rings is 1. The van der Waals surface area contributed by atoms with E-state index in [1.165, 1.54) is 0 Å². The van der Waals surface area contributed by atoms with Crippen LogP contribution >= 0.6 is 0 Å². The zero-order valence-electron chi connectivity index (χ0n) is 11.8. The summed E-state index contributed by atoms with van der Waals surface area (Å²) in [5, 5.41) is 0. The van der Waals surface area contributed by atoms with Crippen LogP contribution in [-0.2, 0) is 6.18 Å². The third-order valence-corrected chi connectivity index (χ3v) is 4.37. The van der Waals surface area contributed by atoms with Crippen LogP contribution < -0.4 is 10.6 Å². The number of piperidine rings is 1. The summed E-state index contributed by atoms with van der Waals surface area (Å²) in [5.41, 5.74) is 5.94. The van der Waals surface area contributed by atoms with Crippen molar-refractivity contribution >= 4 is 11.4 Å². The van der Waals surface area contributed by atoms with E-state index in [0.717, 1.165) is 44.6 Å². The van der Waals surface area contributed by atoms with E-state index in [-0.39, 0.29) is 5.41 Å². The van der Waals surface area contributed by atoms with Crippen LogP contribution in [-0.4, -0.2) is 18.1 Å². The molecule has 0 amide bonds. The fourth-order valence-electron chi connectivity index (χ4n) is 2.53. The van der Waals surface area contributed by atoms with Crippen LogP contribution in [0.2, 0.25) is 0 Å². The second kappa shape index (κ2) is 5.14. The first-order valence-corrected chi connectivity index (χ1v) is 6.83. The number of nitrogen functional groups attached to an aromatic ring is 1. The van der Waals surface area contributed by atoms with Crippen molar-refractivity contribution in [1.82, 2.24) is 4.98 Å². The average Bonchev–Trinajstić information content (AvgIpc) is 2.39. The Morgan fingerprint density at radius 3 is 2.45 bits per heavy atom. The van der Waals surface area contributed by atoms with Gasteiger partial charge < -0.3 is 10.6 Å². The molecule has 1 fully saturated rings. The molecular weight excluding hydrogens is 267 g/mol. The Hall–Kier alpha value is -1.46. The minimum Gasteiger partial charge on any atom is -0.396 e. The minimum absolute atomic E-state index is 0.283. The number of aromatic nitrogens is 1. The summed E-state index contributed by atoms with van der Waals surface area (Å²) in [4.78, 5) is 5.31. The third kappa shape index (κ3) is 2.99. The highest BCUT2D eigenvalue weighted by Gasteiger charge is 2.34. The van der Waals surface area contributed by atoms with Crippen molar-refractivity contribution in [3.8, 4) is 0 Å². The lowest BCUT2D eigenvalue weighted by molar-refractivity contribution is -0.141. The first-order valence-electron chi connectivity index (χ1n) is 6.83. The highest BCUT2D eigenvalue weighted by molar-refractivity contribution is 5.67. The van der Waals surface area contributed by atoms with Crippen molar-refractivity contribution in [2.75, 3.05) is 23.7 Å². The van der Waals surface area contributed by atoms with E-state index < -0.39 is 11.9 Å². The van der Waals surface area contributed by atoms with Crippen LogP contribution in [0, 0.1) is 5.41 Å². The smallest absolute Gasteiger partial charge is 0.396 e. The van der Waals surface area contributed by atoms with Gasteiger partial charge in [-0.2, -0.15) is 13.2 Å². The van der Waals surface area contributed by atoms with Crippen LogP contribution in [0.1, 0.15) is 38.8 Å².